The van der Waals surface area contributed by atoms with Crippen molar-refractivity contribution < 1.29 is 14.5 Å². The van der Waals surface area contributed by atoms with Crippen LogP contribution < -0.4 is 15.4 Å². The van der Waals surface area contributed by atoms with Crippen LogP contribution in [0.15, 0.2) is 18.2 Å². The molecule has 132 valence electrons. The maximum Gasteiger partial charge on any atom is 0.312 e. The lowest BCUT2D eigenvalue weighted by atomic mass is 10.3. The molecule has 1 aromatic rings. The summed E-state index contributed by atoms with van der Waals surface area (Å²) in [6.45, 7) is 5.39. The van der Waals surface area contributed by atoms with Crippen molar-refractivity contribution in [3.8, 4) is 5.75 Å². The van der Waals surface area contributed by atoms with E-state index in [2.05, 4.69) is 15.5 Å². The summed E-state index contributed by atoms with van der Waals surface area (Å²) in [5.74, 6) is -0.0280. The molecule has 0 aliphatic carbocycles. The number of hydrogen-bond acceptors (Lipinski definition) is 6. The summed E-state index contributed by atoms with van der Waals surface area (Å²) in [5, 5.41) is 17.3. The van der Waals surface area contributed by atoms with E-state index in [1.165, 1.54) is 18.2 Å². The van der Waals surface area contributed by atoms with Crippen molar-refractivity contribution >= 4 is 23.2 Å². The fraction of sp³-hybridized carbons (Fsp3) is 0.533. The Bertz CT molecular complexity index is 579. The molecule has 1 amide bonds. The molecule has 24 heavy (non-hydrogen) atoms. The van der Waals surface area contributed by atoms with Gasteiger partial charge in [0.2, 0.25) is 5.91 Å². The highest BCUT2D eigenvalue weighted by molar-refractivity contribution is 6.30. The lowest BCUT2D eigenvalue weighted by Gasteiger charge is -2.27. The summed E-state index contributed by atoms with van der Waals surface area (Å²) in [4.78, 5) is 24.4. The molecule has 8 nitrogen and oxygen atoms in total. The molecular formula is C15H21ClN4O4. The zero-order valence-electron chi connectivity index (χ0n) is 13.3. The number of nitro benzene ring substituents is 1. The van der Waals surface area contributed by atoms with Crippen LogP contribution in [0.2, 0.25) is 5.02 Å². The largest absolute Gasteiger partial charge is 0.486 e. The molecule has 1 fully saturated rings. The molecule has 1 saturated heterocycles. The van der Waals surface area contributed by atoms with Crippen LogP contribution in [0.3, 0.4) is 0 Å². The van der Waals surface area contributed by atoms with Crippen LogP contribution in [0.4, 0.5) is 5.69 Å². The molecule has 0 bridgehead atoms. The van der Waals surface area contributed by atoms with E-state index in [-0.39, 0.29) is 35.4 Å². The maximum atomic E-state index is 11.8. The van der Waals surface area contributed by atoms with E-state index in [0.29, 0.717) is 6.54 Å². The Kier molecular flexibility index (Phi) is 7.23. The third-order valence-electron chi connectivity index (χ3n) is 3.66. The first kappa shape index (κ1) is 18.4. The third-order valence-corrected chi connectivity index (χ3v) is 3.90. The van der Waals surface area contributed by atoms with Gasteiger partial charge in [0, 0.05) is 50.4 Å². The third kappa shape index (κ3) is 5.95. The van der Waals surface area contributed by atoms with Crippen LogP contribution >= 0.6 is 11.6 Å². The van der Waals surface area contributed by atoms with Gasteiger partial charge in [-0.3, -0.25) is 19.8 Å². The number of nitrogens with zero attached hydrogens (tertiary/aromatic N) is 2. The fourth-order valence-electron chi connectivity index (χ4n) is 2.39. The van der Waals surface area contributed by atoms with Crippen LogP contribution in [-0.2, 0) is 4.79 Å². The van der Waals surface area contributed by atoms with Crippen molar-refractivity contribution in [1.29, 1.82) is 0 Å². The fourth-order valence-corrected chi connectivity index (χ4v) is 2.55. The van der Waals surface area contributed by atoms with E-state index in [4.69, 9.17) is 16.3 Å². The number of benzene rings is 1. The second-order valence-corrected chi connectivity index (χ2v) is 5.85. The van der Waals surface area contributed by atoms with Gasteiger partial charge in [0.1, 0.15) is 0 Å². The highest BCUT2D eigenvalue weighted by Gasteiger charge is 2.16. The number of hydrogen-bond donors (Lipinski definition) is 2. The van der Waals surface area contributed by atoms with Gasteiger partial charge in [0.25, 0.3) is 0 Å². The SMILES string of the molecule is O=C(CCOc1ccc(Cl)cc1[N+](=O)[O-])NCCN1CCNCC1. The van der Waals surface area contributed by atoms with Gasteiger partial charge in [-0.05, 0) is 12.1 Å². The predicted octanol–water partition coefficient (Wildman–Crippen LogP) is 1.04. The summed E-state index contributed by atoms with van der Waals surface area (Å²) >= 11 is 5.73. The number of carbonyl (C=O) groups is 1. The number of nitro groups is 1. The molecule has 1 aromatic carbocycles. The number of amides is 1. The second kappa shape index (κ2) is 9.41. The number of carbonyl (C=O) groups excluding carboxylic acids is 1. The Morgan fingerprint density at radius 1 is 1.42 bits per heavy atom. The molecule has 1 aliphatic rings. The molecule has 0 aromatic heterocycles. The average molecular weight is 357 g/mol. The average Bonchev–Trinajstić information content (AvgIpc) is 2.57. The molecule has 2 N–H and O–H groups in total. The number of rotatable bonds is 8. The molecule has 9 heteroatoms. The van der Waals surface area contributed by atoms with Crippen molar-refractivity contribution in [1.82, 2.24) is 15.5 Å². The Hall–Kier alpha value is -1.90. The minimum absolute atomic E-state index is 0.0714. The van der Waals surface area contributed by atoms with Gasteiger partial charge in [-0.25, -0.2) is 0 Å². The lowest BCUT2D eigenvalue weighted by molar-refractivity contribution is -0.385. The smallest absolute Gasteiger partial charge is 0.312 e. The molecule has 0 unspecified atom stereocenters. The quantitative estimate of drug-likeness (QED) is 0.533. The van der Waals surface area contributed by atoms with Gasteiger partial charge in [-0.15, -0.1) is 0 Å². The molecule has 0 saturated carbocycles. The summed E-state index contributed by atoms with van der Waals surface area (Å²) in [5.41, 5.74) is -0.207. The molecule has 0 radical (unpaired) electrons. The first-order valence-corrected chi connectivity index (χ1v) is 8.20. The van der Waals surface area contributed by atoms with E-state index in [9.17, 15) is 14.9 Å². The van der Waals surface area contributed by atoms with Gasteiger partial charge in [-0.2, -0.15) is 0 Å². The second-order valence-electron chi connectivity index (χ2n) is 5.41. The monoisotopic (exact) mass is 356 g/mol. The van der Waals surface area contributed by atoms with Gasteiger partial charge >= 0.3 is 5.69 Å². The number of piperazine rings is 1. The van der Waals surface area contributed by atoms with Gasteiger partial charge in [0.05, 0.1) is 18.0 Å². The molecule has 0 atom stereocenters. The first-order valence-electron chi connectivity index (χ1n) is 7.83. The minimum Gasteiger partial charge on any atom is -0.486 e. The van der Waals surface area contributed by atoms with Crippen molar-refractivity contribution in [2.75, 3.05) is 45.9 Å². The molecule has 2 rings (SSSR count). The Morgan fingerprint density at radius 2 is 2.17 bits per heavy atom. The van der Waals surface area contributed by atoms with Gasteiger partial charge in [0.15, 0.2) is 5.75 Å². The molecule has 0 spiro atoms. The highest BCUT2D eigenvalue weighted by atomic mass is 35.5. The molecular weight excluding hydrogens is 336 g/mol. The molecule has 1 heterocycles. The molecule has 1 aliphatic heterocycles. The minimum atomic E-state index is -0.561. The summed E-state index contributed by atoms with van der Waals surface area (Å²) < 4.78 is 5.34. The van der Waals surface area contributed by atoms with Crippen molar-refractivity contribution in [2.24, 2.45) is 0 Å². The van der Waals surface area contributed by atoms with E-state index >= 15 is 0 Å². The Labute approximate surface area is 145 Å². The zero-order valence-corrected chi connectivity index (χ0v) is 14.1. The Balaban J connectivity index is 1.68. The number of nitrogens with one attached hydrogen (secondary N) is 2. The lowest BCUT2D eigenvalue weighted by Crippen LogP contribution is -2.46. The normalized spacial score (nSPS) is 15.0. The van der Waals surface area contributed by atoms with Crippen molar-refractivity contribution in [2.45, 2.75) is 6.42 Å². The van der Waals surface area contributed by atoms with Crippen LogP contribution in [0.1, 0.15) is 6.42 Å². The van der Waals surface area contributed by atoms with E-state index in [1.807, 2.05) is 0 Å². The zero-order chi connectivity index (χ0) is 17.4. The number of ether oxygens (including phenoxy) is 1. The number of halogens is 1. The van der Waals surface area contributed by atoms with Crippen LogP contribution in [-0.4, -0.2) is 61.6 Å². The summed E-state index contributed by atoms with van der Waals surface area (Å²) in [6.07, 6.45) is 0.140. The predicted molar refractivity (Wildman–Crippen MR) is 90.5 cm³/mol. The van der Waals surface area contributed by atoms with Crippen LogP contribution in [0.5, 0.6) is 5.75 Å². The Morgan fingerprint density at radius 3 is 2.88 bits per heavy atom. The van der Waals surface area contributed by atoms with Crippen molar-refractivity contribution in [3.63, 3.8) is 0 Å². The topological polar surface area (TPSA) is 96.7 Å². The standard InChI is InChI=1S/C15H21ClN4O4/c16-12-1-2-14(13(11-12)20(22)23)24-10-3-15(21)18-6-9-19-7-4-17-5-8-19/h1-2,11,17H,3-10H2,(H,18,21). The van der Waals surface area contributed by atoms with Crippen molar-refractivity contribution in [3.05, 3.63) is 33.3 Å². The van der Waals surface area contributed by atoms with E-state index in [0.717, 1.165) is 32.7 Å². The van der Waals surface area contributed by atoms with E-state index < -0.39 is 4.92 Å². The summed E-state index contributed by atoms with van der Waals surface area (Å²) in [6, 6.07) is 4.17. The van der Waals surface area contributed by atoms with E-state index in [1.54, 1.807) is 0 Å². The maximum absolute atomic E-state index is 11.8. The van der Waals surface area contributed by atoms with Crippen LogP contribution in [0.25, 0.3) is 0 Å². The summed E-state index contributed by atoms with van der Waals surface area (Å²) in [7, 11) is 0. The van der Waals surface area contributed by atoms with Gasteiger partial charge < -0.3 is 15.4 Å². The van der Waals surface area contributed by atoms with Crippen LogP contribution in [0, 0.1) is 10.1 Å². The highest BCUT2D eigenvalue weighted by Crippen LogP contribution is 2.29. The first-order chi connectivity index (χ1) is 11.6. The van der Waals surface area contributed by atoms with Gasteiger partial charge in [-0.1, -0.05) is 11.6 Å².